The van der Waals surface area contributed by atoms with Crippen LogP contribution in [-0.2, 0) is 56.5 Å². The van der Waals surface area contributed by atoms with Gasteiger partial charge in [-0.15, -0.1) is 0 Å². The molecule has 3 aromatic rings. The predicted octanol–water partition coefficient (Wildman–Crippen LogP) is 5.75. The number of rotatable bonds is 22. The van der Waals surface area contributed by atoms with Gasteiger partial charge in [-0.2, -0.15) is 5.10 Å². The van der Waals surface area contributed by atoms with E-state index < -0.39 is 6.04 Å². The monoisotopic (exact) mass is 1020 g/mol. The molecule has 0 radical (unpaired) electrons. The number of ether oxygens (including phenoxy) is 3. The predicted molar refractivity (Wildman–Crippen MR) is 277 cm³/mol. The maximum atomic E-state index is 16.9. The number of carbonyl (C=O) groups excluding carboxylic acids is 5. The normalized spacial score (nSPS) is 21.5. The summed E-state index contributed by atoms with van der Waals surface area (Å²) in [6.07, 6.45) is 22.4. The van der Waals surface area contributed by atoms with Crippen molar-refractivity contribution in [1.29, 1.82) is 0 Å². The van der Waals surface area contributed by atoms with E-state index in [1.165, 1.54) is 7.05 Å². The number of amides is 2. The lowest BCUT2D eigenvalue weighted by molar-refractivity contribution is -0.135. The molecule has 3 atom stereocenters. The SMILES string of the molecule is CNC(=O)C(CCC=O)N(C)Cc1c(C=O)cccc1OCC(=O)N1CCN(CCn2c(C=O)c(CCCCO/C3=C/C=C\CC4/C=C(/F)C/C=C\C3C4)c3c2=C(c2c(C)nn4c2COCC4)C(F)=CCC=3)CC1. The summed E-state index contributed by atoms with van der Waals surface area (Å²) in [5.41, 5.74) is 4.86. The van der Waals surface area contributed by atoms with Crippen LogP contribution in [-0.4, -0.2) is 132 Å². The molecule has 2 amide bonds. The number of aldehydes is 3. The molecule has 394 valence electrons. The van der Waals surface area contributed by atoms with Crippen LogP contribution in [0.5, 0.6) is 5.75 Å². The minimum atomic E-state index is -0.622. The van der Waals surface area contributed by atoms with Crippen LogP contribution in [0, 0.1) is 18.8 Å². The fraction of sp³-hybridized carbons (Fsp3) is 0.474. The number of unbranched alkanes of at least 4 members (excludes halogenated alkanes) is 1. The molecule has 1 fully saturated rings. The highest BCUT2D eigenvalue weighted by Gasteiger charge is 2.30. The lowest BCUT2D eigenvalue weighted by Gasteiger charge is -2.35. The smallest absolute Gasteiger partial charge is 0.260 e. The van der Waals surface area contributed by atoms with Crippen molar-refractivity contribution in [3.63, 3.8) is 0 Å². The molecule has 0 saturated carbocycles. The first kappa shape index (κ1) is 53.7. The number of piperazine rings is 1. The van der Waals surface area contributed by atoms with Gasteiger partial charge >= 0.3 is 0 Å². The summed E-state index contributed by atoms with van der Waals surface area (Å²) in [5, 5.41) is 8.95. The van der Waals surface area contributed by atoms with E-state index in [0.717, 1.165) is 47.6 Å². The number of nitrogens with zero attached hydrogens (tertiary/aromatic N) is 6. The Bertz CT molecular complexity index is 2850. The third-order valence-electron chi connectivity index (χ3n) is 14.8. The second-order valence-electron chi connectivity index (χ2n) is 19.6. The summed E-state index contributed by atoms with van der Waals surface area (Å²) in [4.78, 5) is 68.9. The number of nitrogens with one attached hydrogen (secondary N) is 1. The molecule has 3 aliphatic carbocycles. The van der Waals surface area contributed by atoms with Crippen LogP contribution in [0.25, 0.3) is 11.6 Å². The summed E-state index contributed by atoms with van der Waals surface area (Å²) >= 11 is 0. The maximum absolute atomic E-state index is 16.9. The molecular weight excluding hydrogens is 949 g/mol. The van der Waals surface area contributed by atoms with Gasteiger partial charge in [0.2, 0.25) is 5.91 Å². The molecular formula is C57H69F2N7O8. The van der Waals surface area contributed by atoms with Crippen LogP contribution in [0.1, 0.15) is 100 Å². The van der Waals surface area contributed by atoms with Gasteiger partial charge < -0.3 is 33.8 Å². The van der Waals surface area contributed by atoms with Crippen molar-refractivity contribution < 1.29 is 47.0 Å². The van der Waals surface area contributed by atoms with E-state index in [1.54, 1.807) is 47.2 Å². The third-order valence-corrected chi connectivity index (χ3v) is 14.8. The Labute approximate surface area is 431 Å². The summed E-state index contributed by atoms with van der Waals surface area (Å²) < 4.78 is 53.5. The van der Waals surface area contributed by atoms with Gasteiger partial charge in [0.15, 0.2) is 19.2 Å². The standard InChI is InChI=1S/C57H69F2N7O8/c1-39-54(50-37-72-31-28-66(50)61-39)55-47(59)18-10-17-45-44(16-6-7-30-73-51-20-5-4-12-40-32-41(51)13-8-15-43(58)33-40)49(36-69)65(56(45)55)27-24-63-22-25-64(26-23-63)53(70)38-74-52-21-9-14-42(35-68)46(52)34-62(3)48(19-11-29-67)57(71)60-2/h4-5,8-9,13-14,17-18,20-21,29,33,35-36,40-41,48H,6-7,10-12,15-16,19,22-28,30-32,34,37-38H2,1-3H3,(H,60,71)/b5-4-,13-8-,43-33+,51-20+. The van der Waals surface area contributed by atoms with Crippen LogP contribution in [0.15, 0.2) is 78.1 Å². The van der Waals surface area contributed by atoms with Crippen molar-refractivity contribution in [3.05, 3.63) is 128 Å². The molecule has 8 rings (SSSR count). The number of likely N-dealkylation sites (N-methyl/N-ethyl adjacent to an activating group) is 2. The molecule has 1 saturated heterocycles. The zero-order valence-corrected chi connectivity index (χ0v) is 42.9. The summed E-state index contributed by atoms with van der Waals surface area (Å²) in [6.45, 7) is 6.50. The quantitative estimate of drug-likeness (QED) is 0.0743. The van der Waals surface area contributed by atoms with Gasteiger partial charge in [-0.1, -0.05) is 42.5 Å². The van der Waals surface area contributed by atoms with Gasteiger partial charge in [-0.25, -0.2) is 8.78 Å². The first-order valence-corrected chi connectivity index (χ1v) is 26.0. The van der Waals surface area contributed by atoms with E-state index in [0.29, 0.717) is 142 Å². The summed E-state index contributed by atoms with van der Waals surface area (Å²) in [7, 11) is 3.27. The molecule has 0 spiro atoms. The Kier molecular flexibility index (Phi) is 18.6. The molecule has 17 heteroatoms. The minimum Gasteiger partial charge on any atom is -0.497 e. The molecule has 2 aromatic heterocycles. The second-order valence-corrected chi connectivity index (χ2v) is 19.6. The van der Waals surface area contributed by atoms with E-state index in [9.17, 15) is 28.4 Å². The van der Waals surface area contributed by atoms with Gasteiger partial charge in [0.1, 0.15) is 23.6 Å². The van der Waals surface area contributed by atoms with E-state index in [1.807, 2.05) is 40.5 Å². The molecule has 15 nitrogen and oxygen atoms in total. The highest BCUT2D eigenvalue weighted by Crippen LogP contribution is 2.33. The molecule has 4 heterocycles. The van der Waals surface area contributed by atoms with Crippen molar-refractivity contribution in [1.82, 2.24) is 34.4 Å². The molecule has 2 aliphatic heterocycles. The third kappa shape index (κ3) is 12.5. The Morgan fingerprint density at radius 1 is 1.01 bits per heavy atom. The van der Waals surface area contributed by atoms with Crippen molar-refractivity contribution in [2.45, 2.75) is 97.0 Å². The number of fused-ring (bicyclic) bond motifs is 4. The highest BCUT2D eigenvalue weighted by atomic mass is 19.1. The maximum Gasteiger partial charge on any atom is 0.260 e. The fourth-order valence-corrected chi connectivity index (χ4v) is 11.0. The Hall–Kier alpha value is -6.56. The zero-order chi connectivity index (χ0) is 52.1. The molecule has 74 heavy (non-hydrogen) atoms. The molecule has 1 N–H and O–H groups in total. The van der Waals surface area contributed by atoms with Gasteiger partial charge in [-0.05, 0) is 94.7 Å². The average Bonchev–Trinajstić information content (AvgIpc) is 3.81. The first-order chi connectivity index (χ1) is 36.0. The first-order valence-electron chi connectivity index (χ1n) is 26.0. The van der Waals surface area contributed by atoms with Crippen LogP contribution >= 0.6 is 0 Å². The van der Waals surface area contributed by atoms with Crippen LogP contribution < -0.4 is 20.6 Å². The number of aromatic nitrogens is 3. The number of aryl methyl sites for hydroxylation is 1. The van der Waals surface area contributed by atoms with Gasteiger partial charge in [0.05, 0.1) is 60.7 Å². The number of allylic oxidation sites excluding steroid dienone is 9. The lowest BCUT2D eigenvalue weighted by Crippen LogP contribution is -2.50. The van der Waals surface area contributed by atoms with Gasteiger partial charge in [0, 0.05) is 99.1 Å². The van der Waals surface area contributed by atoms with Gasteiger partial charge in [-0.3, -0.25) is 33.7 Å². The second kappa shape index (κ2) is 25.6. The van der Waals surface area contributed by atoms with E-state index in [2.05, 4.69) is 22.4 Å². The molecule has 3 unspecified atom stereocenters. The number of carbonyl (C=O) groups is 5. The van der Waals surface area contributed by atoms with E-state index >= 15 is 4.39 Å². The lowest BCUT2D eigenvalue weighted by atomic mass is 9.86. The summed E-state index contributed by atoms with van der Waals surface area (Å²) in [6, 6.07) is 4.41. The average molecular weight is 1020 g/mol. The van der Waals surface area contributed by atoms with Crippen molar-refractivity contribution in [3.8, 4) is 5.75 Å². The topological polar surface area (TPSA) is 158 Å². The number of hydrogen-bond acceptors (Lipinski definition) is 11. The van der Waals surface area contributed by atoms with E-state index in [-0.39, 0.29) is 67.9 Å². The fourth-order valence-electron chi connectivity index (χ4n) is 11.0. The van der Waals surface area contributed by atoms with Crippen LogP contribution in [0.4, 0.5) is 8.78 Å². The van der Waals surface area contributed by atoms with Crippen LogP contribution in [0.3, 0.4) is 0 Å². The van der Waals surface area contributed by atoms with Crippen molar-refractivity contribution >= 4 is 42.3 Å². The Balaban J connectivity index is 0.973. The number of hydrogen-bond donors (Lipinski definition) is 1. The van der Waals surface area contributed by atoms with E-state index in [4.69, 9.17) is 19.3 Å². The minimum absolute atomic E-state index is 0.0528. The number of halogens is 2. The molecule has 5 aliphatic rings. The van der Waals surface area contributed by atoms with Gasteiger partial charge in [0.25, 0.3) is 5.91 Å². The van der Waals surface area contributed by atoms with Crippen molar-refractivity contribution in [2.24, 2.45) is 11.8 Å². The Morgan fingerprint density at radius 3 is 2.64 bits per heavy atom. The molecule has 2 bridgehead atoms. The largest absolute Gasteiger partial charge is 0.497 e. The Morgan fingerprint density at radius 2 is 1.85 bits per heavy atom. The van der Waals surface area contributed by atoms with Crippen molar-refractivity contribution in [2.75, 3.05) is 66.6 Å². The number of benzene rings is 1. The van der Waals surface area contributed by atoms with Crippen LogP contribution in [0.2, 0.25) is 0 Å². The zero-order valence-electron chi connectivity index (χ0n) is 42.9. The molecule has 1 aromatic carbocycles. The summed E-state index contributed by atoms with van der Waals surface area (Å²) in [5.74, 6) is 0.419. The highest BCUT2D eigenvalue weighted by molar-refractivity contribution is 5.84.